The molecule has 0 spiro atoms. The molecule has 3 nitrogen and oxygen atoms in total. The number of hydrogen-bond acceptors (Lipinski definition) is 5. The van der Waals surface area contributed by atoms with Crippen LogP contribution in [0.1, 0.15) is 11.8 Å². The molecule has 0 aliphatic rings. The zero-order chi connectivity index (χ0) is 13.2. The quantitative estimate of drug-likeness (QED) is 0.529. The Morgan fingerprint density at radius 3 is 2.79 bits per heavy atom. The second-order valence-corrected chi connectivity index (χ2v) is 6.38. The Morgan fingerprint density at radius 1 is 1.26 bits per heavy atom. The fraction of sp³-hybridized carbons (Fsp3) is 0.154. The molecule has 0 radical (unpaired) electrons. The minimum absolute atomic E-state index is 0.300. The van der Waals surface area contributed by atoms with Crippen molar-refractivity contribution in [1.29, 1.82) is 0 Å². The van der Waals surface area contributed by atoms with E-state index in [1.807, 2.05) is 12.1 Å². The van der Waals surface area contributed by atoms with E-state index in [1.54, 1.807) is 35.5 Å². The molecule has 3 heterocycles. The van der Waals surface area contributed by atoms with E-state index < -0.39 is 0 Å². The molecular weight excluding hydrogens is 298 g/mol. The molecule has 96 valence electrons. The highest BCUT2D eigenvalue weighted by atomic mass is 35.5. The number of nitrogens with zero attached hydrogens (tertiary/aromatic N) is 3. The normalized spacial score (nSPS) is 11.1. The average Bonchev–Trinajstić information content (AvgIpc) is 2.83. The molecule has 6 heteroatoms. The highest BCUT2D eigenvalue weighted by Crippen LogP contribution is 2.35. The van der Waals surface area contributed by atoms with Gasteiger partial charge < -0.3 is 0 Å². The number of fused-ring (bicyclic) bond motifs is 1. The van der Waals surface area contributed by atoms with Gasteiger partial charge in [0.25, 0.3) is 0 Å². The Hall–Kier alpha value is -1.17. The predicted molar refractivity (Wildman–Crippen MR) is 80.2 cm³/mol. The maximum absolute atomic E-state index is 6.00. The second-order valence-electron chi connectivity index (χ2n) is 3.87. The Balaban J connectivity index is 2.09. The molecule has 19 heavy (non-hydrogen) atoms. The van der Waals surface area contributed by atoms with Crippen molar-refractivity contribution in [2.45, 2.75) is 23.3 Å². The summed E-state index contributed by atoms with van der Waals surface area (Å²) >= 11 is 9.26. The number of aromatic nitrogens is 3. The van der Waals surface area contributed by atoms with Crippen LogP contribution in [0.2, 0.25) is 5.28 Å². The molecule has 0 N–H and O–H groups in total. The van der Waals surface area contributed by atoms with Crippen molar-refractivity contribution < 1.29 is 0 Å². The minimum Gasteiger partial charge on any atom is -0.265 e. The van der Waals surface area contributed by atoms with Gasteiger partial charge in [-0.25, -0.2) is 9.97 Å². The third-order valence-corrected chi connectivity index (χ3v) is 4.95. The van der Waals surface area contributed by atoms with Crippen LogP contribution in [0.15, 0.2) is 40.5 Å². The van der Waals surface area contributed by atoms with Crippen LogP contribution in [0.4, 0.5) is 0 Å². The van der Waals surface area contributed by atoms with Crippen molar-refractivity contribution in [3.05, 3.63) is 40.8 Å². The van der Waals surface area contributed by atoms with Crippen molar-refractivity contribution in [3.8, 4) is 0 Å². The van der Waals surface area contributed by atoms with Crippen molar-refractivity contribution in [3.63, 3.8) is 0 Å². The molecule has 0 bridgehead atoms. The lowest BCUT2D eigenvalue weighted by molar-refractivity contribution is 1.10. The first-order valence-electron chi connectivity index (χ1n) is 5.80. The van der Waals surface area contributed by atoms with E-state index in [0.29, 0.717) is 5.28 Å². The van der Waals surface area contributed by atoms with E-state index in [1.165, 1.54) is 4.88 Å². The molecule has 0 amide bonds. The molecule has 3 aromatic rings. The summed E-state index contributed by atoms with van der Waals surface area (Å²) < 4.78 is 0. The van der Waals surface area contributed by atoms with E-state index in [-0.39, 0.29) is 0 Å². The lowest BCUT2D eigenvalue weighted by atomic mass is 10.3. The molecule has 0 aliphatic heterocycles. The summed E-state index contributed by atoms with van der Waals surface area (Å²) in [6.45, 7) is 2.13. The van der Waals surface area contributed by atoms with Crippen LogP contribution < -0.4 is 0 Å². The first kappa shape index (κ1) is 12.8. The SMILES string of the molecule is CCc1cc2c(Sc3ccncc3)nc(Cl)nc2s1. The third kappa shape index (κ3) is 2.73. The fourth-order valence-electron chi connectivity index (χ4n) is 1.69. The van der Waals surface area contributed by atoms with Gasteiger partial charge in [0.2, 0.25) is 5.28 Å². The summed E-state index contributed by atoms with van der Waals surface area (Å²) in [4.78, 5) is 16.0. The summed E-state index contributed by atoms with van der Waals surface area (Å²) in [6.07, 6.45) is 4.54. The monoisotopic (exact) mass is 307 g/mol. The van der Waals surface area contributed by atoms with Crippen LogP contribution in [-0.2, 0) is 6.42 Å². The van der Waals surface area contributed by atoms with E-state index in [2.05, 4.69) is 27.9 Å². The molecular formula is C13H10ClN3S2. The van der Waals surface area contributed by atoms with E-state index in [0.717, 1.165) is 26.6 Å². The van der Waals surface area contributed by atoms with Crippen LogP contribution in [0.25, 0.3) is 10.2 Å². The molecule has 3 rings (SSSR count). The fourth-order valence-corrected chi connectivity index (χ4v) is 3.87. The van der Waals surface area contributed by atoms with Crippen molar-refractivity contribution in [2.24, 2.45) is 0 Å². The van der Waals surface area contributed by atoms with Crippen LogP contribution in [-0.4, -0.2) is 15.0 Å². The highest BCUT2D eigenvalue weighted by Gasteiger charge is 2.11. The van der Waals surface area contributed by atoms with Gasteiger partial charge in [-0.3, -0.25) is 4.98 Å². The second kappa shape index (κ2) is 5.45. The van der Waals surface area contributed by atoms with Gasteiger partial charge in [-0.05, 0) is 36.2 Å². The lowest BCUT2D eigenvalue weighted by Gasteiger charge is -2.02. The average molecular weight is 308 g/mol. The maximum Gasteiger partial charge on any atom is 0.224 e. The third-order valence-electron chi connectivity index (χ3n) is 2.59. The van der Waals surface area contributed by atoms with E-state index in [4.69, 9.17) is 11.6 Å². The zero-order valence-corrected chi connectivity index (χ0v) is 12.5. The summed E-state index contributed by atoms with van der Waals surface area (Å²) in [6, 6.07) is 6.07. The molecule has 0 atom stereocenters. The standard InChI is InChI=1S/C13H10ClN3S2/c1-2-8-7-10-11(18-8)16-13(14)17-12(10)19-9-3-5-15-6-4-9/h3-7H,2H2,1H3. The summed E-state index contributed by atoms with van der Waals surface area (Å²) in [7, 11) is 0. The predicted octanol–water partition coefficient (Wildman–Crippen LogP) is 4.45. The molecule has 3 aromatic heterocycles. The van der Waals surface area contributed by atoms with Crippen LogP contribution >= 0.6 is 34.7 Å². The number of aryl methyl sites for hydroxylation is 1. The number of halogens is 1. The molecule has 0 saturated carbocycles. The van der Waals surface area contributed by atoms with Gasteiger partial charge in [-0.15, -0.1) is 11.3 Å². The number of hydrogen-bond donors (Lipinski definition) is 0. The maximum atomic E-state index is 6.00. The van der Waals surface area contributed by atoms with Gasteiger partial charge in [0.05, 0.1) is 0 Å². The van der Waals surface area contributed by atoms with Gasteiger partial charge in [-0.2, -0.15) is 0 Å². The molecule has 0 fully saturated rings. The topological polar surface area (TPSA) is 38.7 Å². The largest absolute Gasteiger partial charge is 0.265 e. The Morgan fingerprint density at radius 2 is 2.05 bits per heavy atom. The first-order chi connectivity index (χ1) is 9.26. The number of rotatable bonds is 3. The Bertz CT molecular complexity index is 712. The highest BCUT2D eigenvalue weighted by molar-refractivity contribution is 7.99. The van der Waals surface area contributed by atoms with Gasteiger partial charge in [0.15, 0.2) is 0 Å². The van der Waals surface area contributed by atoms with Crippen molar-refractivity contribution >= 4 is 44.9 Å². The van der Waals surface area contributed by atoms with Gasteiger partial charge in [0, 0.05) is 27.6 Å². The Labute approximate surface area is 124 Å². The van der Waals surface area contributed by atoms with Gasteiger partial charge >= 0.3 is 0 Å². The Kier molecular flexibility index (Phi) is 3.68. The summed E-state index contributed by atoms with van der Waals surface area (Å²) in [5.74, 6) is 0. The van der Waals surface area contributed by atoms with Crippen LogP contribution in [0.3, 0.4) is 0 Å². The smallest absolute Gasteiger partial charge is 0.224 e. The molecule has 0 aromatic carbocycles. The van der Waals surface area contributed by atoms with Crippen molar-refractivity contribution in [2.75, 3.05) is 0 Å². The minimum atomic E-state index is 0.300. The van der Waals surface area contributed by atoms with Gasteiger partial charge in [0.1, 0.15) is 9.86 Å². The van der Waals surface area contributed by atoms with Gasteiger partial charge in [-0.1, -0.05) is 18.7 Å². The van der Waals surface area contributed by atoms with Crippen LogP contribution in [0.5, 0.6) is 0 Å². The first-order valence-corrected chi connectivity index (χ1v) is 7.81. The summed E-state index contributed by atoms with van der Waals surface area (Å²) in [5.41, 5.74) is 0. The number of pyridine rings is 1. The molecule has 0 aliphatic carbocycles. The summed E-state index contributed by atoms with van der Waals surface area (Å²) in [5, 5.41) is 2.28. The lowest BCUT2D eigenvalue weighted by Crippen LogP contribution is -1.86. The van der Waals surface area contributed by atoms with E-state index >= 15 is 0 Å². The van der Waals surface area contributed by atoms with Crippen molar-refractivity contribution in [1.82, 2.24) is 15.0 Å². The molecule has 0 saturated heterocycles. The molecule has 0 unspecified atom stereocenters. The zero-order valence-electron chi connectivity index (χ0n) is 10.1. The van der Waals surface area contributed by atoms with E-state index in [9.17, 15) is 0 Å². The number of thiophene rings is 1. The van der Waals surface area contributed by atoms with Crippen LogP contribution in [0, 0.1) is 0 Å².